The van der Waals surface area contributed by atoms with Crippen LogP contribution in [0.3, 0.4) is 0 Å². The first kappa shape index (κ1) is 19.8. The number of carbonyl (C=O) groups is 1. The smallest absolute Gasteiger partial charge is 0.233 e. The van der Waals surface area contributed by atoms with E-state index in [1.165, 1.54) is 18.2 Å². The molecule has 0 radical (unpaired) electrons. The molecular weight excluding hydrogens is 360 g/mol. The SMILES string of the molecule is COc1cc2cc(C)c(SCC(=O)N3[C@@H](C)CCC[C@@H]3C)nc2cc1OC. The topological polar surface area (TPSA) is 51.7 Å². The summed E-state index contributed by atoms with van der Waals surface area (Å²) in [5.41, 5.74) is 1.90. The number of rotatable bonds is 5. The van der Waals surface area contributed by atoms with Crippen LogP contribution in [-0.4, -0.2) is 47.8 Å². The summed E-state index contributed by atoms with van der Waals surface area (Å²) in [6, 6.07) is 6.55. The molecule has 1 aliphatic heterocycles. The van der Waals surface area contributed by atoms with E-state index < -0.39 is 0 Å². The van der Waals surface area contributed by atoms with Crippen molar-refractivity contribution in [3.63, 3.8) is 0 Å². The summed E-state index contributed by atoms with van der Waals surface area (Å²) in [6.45, 7) is 6.33. The maximum absolute atomic E-state index is 12.8. The van der Waals surface area contributed by atoms with Gasteiger partial charge < -0.3 is 14.4 Å². The average Bonchev–Trinajstić information content (AvgIpc) is 2.65. The second-order valence-corrected chi connectivity index (χ2v) is 8.19. The number of hydrogen-bond donors (Lipinski definition) is 0. The number of likely N-dealkylation sites (tertiary alicyclic amines) is 1. The van der Waals surface area contributed by atoms with Crippen molar-refractivity contribution in [1.82, 2.24) is 9.88 Å². The summed E-state index contributed by atoms with van der Waals surface area (Å²) in [6.07, 6.45) is 3.39. The largest absolute Gasteiger partial charge is 0.493 e. The summed E-state index contributed by atoms with van der Waals surface area (Å²) in [5.74, 6) is 1.97. The Morgan fingerprint density at radius 2 is 1.78 bits per heavy atom. The molecule has 2 heterocycles. The number of aromatic nitrogens is 1. The first-order valence-electron chi connectivity index (χ1n) is 9.42. The van der Waals surface area contributed by atoms with Crippen LogP contribution >= 0.6 is 11.8 Å². The second-order valence-electron chi connectivity index (χ2n) is 7.23. The fraction of sp³-hybridized carbons (Fsp3) is 0.524. The third-order valence-corrected chi connectivity index (χ3v) is 6.36. The zero-order chi connectivity index (χ0) is 19.6. The van der Waals surface area contributed by atoms with Crippen LogP contribution in [0.15, 0.2) is 23.2 Å². The molecule has 0 aliphatic carbocycles. The van der Waals surface area contributed by atoms with E-state index in [0.717, 1.165) is 34.3 Å². The van der Waals surface area contributed by atoms with E-state index >= 15 is 0 Å². The lowest BCUT2D eigenvalue weighted by molar-refractivity contribution is -0.134. The van der Waals surface area contributed by atoms with Gasteiger partial charge in [0.2, 0.25) is 5.91 Å². The second kappa shape index (κ2) is 8.38. The number of hydrogen-bond acceptors (Lipinski definition) is 5. The number of ether oxygens (including phenoxy) is 2. The zero-order valence-corrected chi connectivity index (χ0v) is 17.6. The minimum absolute atomic E-state index is 0.202. The van der Waals surface area contributed by atoms with Crippen molar-refractivity contribution in [3.05, 3.63) is 23.8 Å². The van der Waals surface area contributed by atoms with E-state index in [0.29, 0.717) is 29.3 Å². The van der Waals surface area contributed by atoms with Gasteiger partial charge in [-0.1, -0.05) is 11.8 Å². The maximum atomic E-state index is 12.8. The van der Waals surface area contributed by atoms with E-state index in [4.69, 9.17) is 14.5 Å². The summed E-state index contributed by atoms with van der Waals surface area (Å²) >= 11 is 1.52. The lowest BCUT2D eigenvalue weighted by Gasteiger charge is -2.39. The average molecular weight is 389 g/mol. The lowest BCUT2D eigenvalue weighted by atomic mass is 9.98. The predicted molar refractivity (Wildman–Crippen MR) is 110 cm³/mol. The summed E-state index contributed by atoms with van der Waals surface area (Å²) in [4.78, 5) is 19.6. The number of fused-ring (bicyclic) bond motifs is 1. The quantitative estimate of drug-likeness (QED) is 0.709. The Bertz CT molecular complexity index is 830. The molecule has 5 nitrogen and oxygen atoms in total. The fourth-order valence-corrected chi connectivity index (χ4v) is 4.71. The van der Waals surface area contributed by atoms with Gasteiger partial charge in [-0.25, -0.2) is 4.98 Å². The molecule has 0 unspecified atom stereocenters. The van der Waals surface area contributed by atoms with Crippen molar-refractivity contribution in [2.45, 2.75) is 57.1 Å². The number of carbonyl (C=O) groups excluding carboxylic acids is 1. The van der Waals surface area contributed by atoms with Crippen molar-refractivity contribution in [3.8, 4) is 11.5 Å². The number of pyridine rings is 1. The number of aryl methyl sites for hydroxylation is 1. The van der Waals surface area contributed by atoms with Crippen LogP contribution in [-0.2, 0) is 4.79 Å². The standard InChI is InChI=1S/C21H28N2O3S/c1-13-9-16-10-18(25-4)19(26-5)11-17(16)22-21(13)27-12-20(24)23-14(2)7-6-8-15(23)3/h9-11,14-15H,6-8,12H2,1-5H3/t14-,15-/m0/s1. The third-order valence-electron chi connectivity index (χ3n) is 5.28. The minimum Gasteiger partial charge on any atom is -0.493 e. The molecule has 0 saturated carbocycles. The molecule has 1 aromatic carbocycles. The van der Waals surface area contributed by atoms with Crippen molar-refractivity contribution in [2.24, 2.45) is 0 Å². The van der Waals surface area contributed by atoms with E-state index in [1.807, 2.05) is 19.1 Å². The molecule has 1 aromatic heterocycles. The van der Waals surface area contributed by atoms with Gasteiger partial charge in [-0.15, -0.1) is 0 Å². The Morgan fingerprint density at radius 1 is 1.15 bits per heavy atom. The van der Waals surface area contributed by atoms with Crippen LogP contribution in [0.25, 0.3) is 10.9 Å². The molecule has 27 heavy (non-hydrogen) atoms. The van der Waals surface area contributed by atoms with Crippen LogP contribution in [0, 0.1) is 6.92 Å². The van der Waals surface area contributed by atoms with E-state index in [-0.39, 0.29) is 5.91 Å². The van der Waals surface area contributed by atoms with E-state index in [9.17, 15) is 4.79 Å². The molecule has 1 aliphatic rings. The highest BCUT2D eigenvalue weighted by atomic mass is 32.2. The molecule has 2 aromatic rings. The number of nitrogens with zero attached hydrogens (tertiary/aromatic N) is 2. The Balaban J connectivity index is 1.80. The molecule has 6 heteroatoms. The van der Waals surface area contributed by atoms with Crippen molar-refractivity contribution >= 4 is 28.6 Å². The first-order valence-corrected chi connectivity index (χ1v) is 10.4. The molecule has 146 valence electrons. The summed E-state index contributed by atoms with van der Waals surface area (Å²) in [7, 11) is 3.25. The van der Waals surface area contributed by atoms with Crippen LogP contribution in [0.1, 0.15) is 38.7 Å². The van der Waals surface area contributed by atoms with Gasteiger partial charge in [-0.3, -0.25) is 4.79 Å². The fourth-order valence-electron chi connectivity index (χ4n) is 3.85. The summed E-state index contributed by atoms with van der Waals surface area (Å²) < 4.78 is 10.8. The highest BCUT2D eigenvalue weighted by Gasteiger charge is 2.28. The van der Waals surface area contributed by atoms with E-state index in [2.05, 4.69) is 24.8 Å². The molecular formula is C21H28N2O3S. The highest BCUT2D eigenvalue weighted by molar-refractivity contribution is 7.99. The minimum atomic E-state index is 0.202. The van der Waals surface area contributed by atoms with Gasteiger partial charge in [0.15, 0.2) is 11.5 Å². The van der Waals surface area contributed by atoms with Gasteiger partial charge >= 0.3 is 0 Å². The van der Waals surface area contributed by atoms with Crippen molar-refractivity contribution in [1.29, 1.82) is 0 Å². The summed E-state index contributed by atoms with van der Waals surface area (Å²) in [5, 5.41) is 1.89. The number of methoxy groups -OCH3 is 2. The monoisotopic (exact) mass is 388 g/mol. The lowest BCUT2D eigenvalue weighted by Crippen LogP contribution is -2.48. The van der Waals surface area contributed by atoms with E-state index in [1.54, 1.807) is 14.2 Å². The molecule has 0 N–H and O–H groups in total. The van der Waals surface area contributed by atoms with Gasteiger partial charge in [-0.05, 0) is 57.7 Å². The Morgan fingerprint density at radius 3 is 2.41 bits per heavy atom. The van der Waals surface area contributed by atoms with Gasteiger partial charge in [0.05, 0.1) is 25.5 Å². The molecule has 2 atom stereocenters. The third kappa shape index (κ3) is 4.15. The van der Waals surface area contributed by atoms with Gasteiger partial charge in [0, 0.05) is 23.5 Å². The normalized spacial score (nSPS) is 20.0. The van der Waals surface area contributed by atoms with Gasteiger partial charge in [0.1, 0.15) is 5.03 Å². The highest BCUT2D eigenvalue weighted by Crippen LogP contribution is 2.34. The molecule has 1 fully saturated rings. The van der Waals surface area contributed by atoms with Gasteiger partial charge in [0.25, 0.3) is 0 Å². The molecule has 1 saturated heterocycles. The number of piperidine rings is 1. The Hall–Kier alpha value is -1.95. The first-order chi connectivity index (χ1) is 12.9. The van der Waals surface area contributed by atoms with Crippen molar-refractivity contribution < 1.29 is 14.3 Å². The van der Waals surface area contributed by atoms with Crippen LogP contribution < -0.4 is 9.47 Å². The number of amides is 1. The maximum Gasteiger partial charge on any atom is 0.233 e. The number of thioether (sulfide) groups is 1. The van der Waals surface area contributed by atoms with Crippen LogP contribution in [0.4, 0.5) is 0 Å². The molecule has 0 bridgehead atoms. The van der Waals surface area contributed by atoms with Crippen LogP contribution in [0.5, 0.6) is 11.5 Å². The molecule has 1 amide bonds. The zero-order valence-electron chi connectivity index (χ0n) is 16.7. The number of benzene rings is 1. The Kier molecular flexibility index (Phi) is 6.15. The predicted octanol–water partition coefficient (Wildman–Crippen LogP) is 4.44. The molecule has 3 rings (SSSR count). The van der Waals surface area contributed by atoms with Crippen LogP contribution in [0.2, 0.25) is 0 Å². The molecule has 0 spiro atoms. The Labute approximate surface area is 165 Å². The van der Waals surface area contributed by atoms with Gasteiger partial charge in [-0.2, -0.15) is 0 Å². The van der Waals surface area contributed by atoms with Crippen molar-refractivity contribution in [2.75, 3.05) is 20.0 Å².